The average molecular weight is 334 g/mol. The van der Waals surface area contributed by atoms with Crippen molar-refractivity contribution >= 4 is 21.6 Å². The van der Waals surface area contributed by atoms with Gasteiger partial charge in [-0.25, -0.2) is 8.42 Å². The number of nitrogens with one attached hydrogen (secondary N) is 2. The molecule has 0 unspecified atom stereocenters. The van der Waals surface area contributed by atoms with Crippen molar-refractivity contribution in [1.82, 2.24) is 15.1 Å². The second-order valence-electron chi connectivity index (χ2n) is 5.75. The summed E-state index contributed by atoms with van der Waals surface area (Å²) in [6, 6.07) is 5.05. The quantitative estimate of drug-likeness (QED) is 0.884. The van der Waals surface area contributed by atoms with E-state index in [0.29, 0.717) is 24.3 Å². The minimum Gasteiger partial charge on any atom is -0.334 e. The monoisotopic (exact) mass is 334 g/mol. The molecule has 2 aromatic rings. The van der Waals surface area contributed by atoms with Gasteiger partial charge in [-0.1, -0.05) is 6.07 Å². The molecule has 0 radical (unpaired) electrons. The summed E-state index contributed by atoms with van der Waals surface area (Å²) in [6.07, 6.45) is 3.56. The molecule has 7 nitrogen and oxygen atoms in total. The zero-order valence-electron chi connectivity index (χ0n) is 13.0. The molecule has 2 heterocycles. The molecular weight excluding hydrogens is 316 g/mol. The summed E-state index contributed by atoms with van der Waals surface area (Å²) < 4.78 is 25.3. The highest BCUT2D eigenvalue weighted by Crippen LogP contribution is 2.22. The molecule has 1 aliphatic rings. The van der Waals surface area contributed by atoms with Crippen LogP contribution in [0, 0.1) is 6.92 Å². The molecule has 2 N–H and O–H groups in total. The Morgan fingerprint density at radius 3 is 2.91 bits per heavy atom. The fourth-order valence-electron chi connectivity index (χ4n) is 2.64. The first kappa shape index (κ1) is 15.5. The number of carbonyl (C=O) groups is 1. The fourth-order valence-corrected chi connectivity index (χ4v) is 3.26. The number of amides is 1. The van der Waals surface area contributed by atoms with Crippen molar-refractivity contribution in [2.24, 2.45) is 0 Å². The van der Waals surface area contributed by atoms with E-state index >= 15 is 0 Å². The zero-order chi connectivity index (χ0) is 16.6. The second kappa shape index (κ2) is 5.69. The van der Waals surface area contributed by atoms with E-state index in [2.05, 4.69) is 14.9 Å². The van der Waals surface area contributed by atoms with Crippen molar-refractivity contribution < 1.29 is 13.2 Å². The van der Waals surface area contributed by atoms with E-state index in [1.807, 2.05) is 0 Å². The second-order valence-corrected chi connectivity index (χ2v) is 7.50. The smallest absolute Gasteiger partial charge is 0.254 e. The SMILES string of the molecule is Cc1ccc(C(=O)N2CCc3[nH]ncc3C2)cc1NS(C)(=O)=O. The van der Waals surface area contributed by atoms with Gasteiger partial charge in [0.25, 0.3) is 5.91 Å². The standard InChI is InChI=1S/C15H18N4O3S/c1-10-3-4-11(7-14(10)18-23(2,21)22)15(20)19-6-5-13-12(9-19)8-16-17-13/h3-4,7-8,18H,5-6,9H2,1-2H3,(H,16,17). The Morgan fingerprint density at radius 1 is 1.39 bits per heavy atom. The third-order valence-electron chi connectivity index (χ3n) is 3.87. The third kappa shape index (κ3) is 3.37. The summed E-state index contributed by atoms with van der Waals surface area (Å²) >= 11 is 0. The fraction of sp³-hybridized carbons (Fsp3) is 0.333. The van der Waals surface area contributed by atoms with Crippen molar-refractivity contribution in [2.45, 2.75) is 19.9 Å². The normalized spacial score (nSPS) is 14.4. The van der Waals surface area contributed by atoms with Crippen molar-refractivity contribution in [3.63, 3.8) is 0 Å². The lowest BCUT2D eigenvalue weighted by atomic mass is 10.1. The predicted molar refractivity (Wildman–Crippen MR) is 86.7 cm³/mol. The highest BCUT2D eigenvalue weighted by molar-refractivity contribution is 7.92. The van der Waals surface area contributed by atoms with Gasteiger partial charge in [0, 0.05) is 36.3 Å². The van der Waals surface area contributed by atoms with Crippen LogP contribution in [-0.2, 0) is 23.0 Å². The molecule has 0 bridgehead atoms. The summed E-state index contributed by atoms with van der Waals surface area (Å²) in [5.74, 6) is -0.117. The number of H-pyrrole nitrogens is 1. The molecule has 1 aromatic carbocycles. The number of anilines is 1. The first-order valence-electron chi connectivity index (χ1n) is 7.22. The van der Waals surface area contributed by atoms with Gasteiger partial charge in [0.2, 0.25) is 10.0 Å². The van der Waals surface area contributed by atoms with Crippen LogP contribution < -0.4 is 4.72 Å². The Kier molecular flexibility index (Phi) is 3.85. The molecule has 8 heteroatoms. The van der Waals surface area contributed by atoms with Gasteiger partial charge in [-0.05, 0) is 24.6 Å². The first-order chi connectivity index (χ1) is 10.8. The lowest BCUT2D eigenvalue weighted by Gasteiger charge is -2.26. The number of rotatable bonds is 3. The van der Waals surface area contributed by atoms with E-state index < -0.39 is 10.0 Å². The number of aryl methyl sites for hydroxylation is 1. The van der Waals surface area contributed by atoms with Crippen LogP contribution in [0.4, 0.5) is 5.69 Å². The Morgan fingerprint density at radius 2 is 2.17 bits per heavy atom. The molecule has 3 rings (SSSR count). The lowest BCUT2D eigenvalue weighted by molar-refractivity contribution is 0.0734. The molecular formula is C15H18N4O3S. The van der Waals surface area contributed by atoms with Gasteiger partial charge >= 0.3 is 0 Å². The molecule has 0 atom stereocenters. The number of carbonyl (C=O) groups excluding carboxylic acids is 1. The van der Waals surface area contributed by atoms with Gasteiger partial charge < -0.3 is 4.90 Å². The maximum atomic E-state index is 12.7. The van der Waals surface area contributed by atoms with Crippen LogP contribution in [0.5, 0.6) is 0 Å². The Hall–Kier alpha value is -2.35. The average Bonchev–Trinajstić information content (AvgIpc) is 2.94. The number of sulfonamides is 1. The number of benzene rings is 1. The van der Waals surface area contributed by atoms with E-state index in [0.717, 1.165) is 29.5 Å². The number of nitrogens with zero attached hydrogens (tertiary/aromatic N) is 2. The Bertz CT molecular complexity index is 857. The number of aromatic amines is 1. The van der Waals surface area contributed by atoms with E-state index in [1.54, 1.807) is 36.2 Å². The van der Waals surface area contributed by atoms with Crippen molar-refractivity contribution in [3.05, 3.63) is 46.8 Å². The zero-order valence-corrected chi connectivity index (χ0v) is 13.8. The summed E-state index contributed by atoms with van der Waals surface area (Å²) in [7, 11) is -3.39. The maximum Gasteiger partial charge on any atom is 0.254 e. The van der Waals surface area contributed by atoms with Gasteiger partial charge in [0.05, 0.1) is 18.1 Å². The maximum absolute atomic E-state index is 12.7. The topological polar surface area (TPSA) is 95.2 Å². The molecule has 122 valence electrons. The summed E-state index contributed by atoms with van der Waals surface area (Å²) in [5, 5.41) is 6.93. The van der Waals surface area contributed by atoms with Crippen molar-refractivity contribution in [2.75, 3.05) is 17.5 Å². The van der Waals surface area contributed by atoms with E-state index in [9.17, 15) is 13.2 Å². The molecule has 23 heavy (non-hydrogen) atoms. The van der Waals surface area contributed by atoms with Gasteiger partial charge in [-0.2, -0.15) is 5.10 Å². The molecule has 1 amide bonds. The number of aromatic nitrogens is 2. The summed E-state index contributed by atoms with van der Waals surface area (Å²) in [5.41, 5.74) is 3.75. The predicted octanol–water partition coefficient (Wildman–Crippen LogP) is 1.29. The molecule has 0 saturated carbocycles. The molecule has 1 aromatic heterocycles. The van der Waals surface area contributed by atoms with E-state index in [4.69, 9.17) is 0 Å². The number of hydrogen-bond donors (Lipinski definition) is 2. The van der Waals surface area contributed by atoms with E-state index in [-0.39, 0.29) is 5.91 Å². The van der Waals surface area contributed by atoms with Gasteiger partial charge in [-0.15, -0.1) is 0 Å². The largest absolute Gasteiger partial charge is 0.334 e. The van der Waals surface area contributed by atoms with Crippen LogP contribution in [-0.4, -0.2) is 42.2 Å². The van der Waals surface area contributed by atoms with Crippen LogP contribution in [0.3, 0.4) is 0 Å². The number of fused-ring (bicyclic) bond motifs is 1. The number of hydrogen-bond acceptors (Lipinski definition) is 4. The Labute approximate surface area is 134 Å². The van der Waals surface area contributed by atoms with Crippen LogP contribution in [0.25, 0.3) is 0 Å². The molecule has 1 aliphatic heterocycles. The third-order valence-corrected chi connectivity index (χ3v) is 4.46. The Balaban J connectivity index is 1.84. The summed E-state index contributed by atoms with van der Waals surface area (Å²) in [4.78, 5) is 14.4. The van der Waals surface area contributed by atoms with Gasteiger partial charge in [-0.3, -0.25) is 14.6 Å². The van der Waals surface area contributed by atoms with Crippen LogP contribution in [0.2, 0.25) is 0 Å². The molecule has 0 aliphatic carbocycles. The van der Waals surface area contributed by atoms with Crippen LogP contribution in [0.1, 0.15) is 27.2 Å². The summed E-state index contributed by atoms with van der Waals surface area (Å²) in [6.45, 7) is 2.91. The lowest BCUT2D eigenvalue weighted by Crippen LogP contribution is -2.35. The highest BCUT2D eigenvalue weighted by Gasteiger charge is 2.23. The van der Waals surface area contributed by atoms with Gasteiger partial charge in [0.15, 0.2) is 0 Å². The van der Waals surface area contributed by atoms with Crippen molar-refractivity contribution in [3.8, 4) is 0 Å². The molecule has 0 spiro atoms. The van der Waals surface area contributed by atoms with Crippen LogP contribution >= 0.6 is 0 Å². The minimum atomic E-state index is -3.39. The van der Waals surface area contributed by atoms with E-state index in [1.165, 1.54) is 0 Å². The molecule has 0 fully saturated rings. The van der Waals surface area contributed by atoms with Gasteiger partial charge in [0.1, 0.15) is 0 Å². The van der Waals surface area contributed by atoms with Crippen molar-refractivity contribution in [1.29, 1.82) is 0 Å². The van der Waals surface area contributed by atoms with Crippen LogP contribution in [0.15, 0.2) is 24.4 Å². The highest BCUT2D eigenvalue weighted by atomic mass is 32.2. The first-order valence-corrected chi connectivity index (χ1v) is 9.11. The minimum absolute atomic E-state index is 0.117. The molecule has 0 saturated heterocycles.